The highest BCUT2D eigenvalue weighted by atomic mass is 32.1. The minimum Gasteiger partial charge on any atom is -0.454 e. The number of nitrogens with one attached hydrogen (secondary N) is 1. The van der Waals surface area contributed by atoms with E-state index in [-0.39, 0.29) is 18.9 Å². The first kappa shape index (κ1) is 20.4. The fourth-order valence-corrected chi connectivity index (χ4v) is 6.06. The summed E-state index contributed by atoms with van der Waals surface area (Å²) in [4.78, 5) is 11.7. The third kappa shape index (κ3) is 3.35. The maximum atomic E-state index is 5.88. The predicted molar refractivity (Wildman–Crippen MR) is 139 cm³/mol. The van der Waals surface area contributed by atoms with Gasteiger partial charge >= 0.3 is 0 Å². The minimum atomic E-state index is -0.167. The second kappa shape index (κ2) is 8.07. The van der Waals surface area contributed by atoms with Crippen LogP contribution in [0.2, 0.25) is 0 Å². The standard InChI is InChI=1S/C26H19N5O2S2/c34-25-29-23(18-7-3-4-12-27-18)24(31(25)16-10-11-20-21(14-16)33-15-32-20)19-8-5-13-30(19)26-28-17-6-1-2-9-22(17)35-26/h1-14,23-24H,15H2,(H,29,34)/t23-,24+/m1/s1. The molecule has 1 saturated heterocycles. The van der Waals surface area contributed by atoms with E-state index < -0.39 is 0 Å². The van der Waals surface area contributed by atoms with E-state index in [0.29, 0.717) is 10.9 Å². The van der Waals surface area contributed by atoms with E-state index in [4.69, 9.17) is 26.7 Å². The van der Waals surface area contributed by atoms with Gasteiger partial charge in [0.2, 0.25) is 6.79 Å². The molecule has 0 radical (unpaired) electrons. The largest absolute Gasteiger partial charge is 0.454 e. The molecule has 2 aliphatic rings. The number of rotatable bonds is 4. The summed E-state index contributed by atoms with van der Waals surface area (Å²) in [6.45, 7) is 0.224. The fourth-order valence-electron chi connectivity index (χ4n) is 4.74. The molecule has 0 saturated carbocycles. The summed E-state index contributed by atoms with van der Waals surface area (Å²) in [5.74, 6) is 1.45. The second-order valence-electron chi connectivity index (χ2n) is 8.30. The van der Waals surface area contributed by atoms with Gasteiger partial charge in [0.25, 0.3) is 0 Å². The molecule has 0 amide bonds. The van der Waals surface area contributed by atoms with E-state index >= 15 is 0 Å². The first-order valence-electron chi connectivity index (χ1n) is 11.2. The number of pyridine rings is 1. The Morgan fingerprint density at radius 3 is 2.74 bits per heavy atom. The fraction of sp³-hybridized carbons (Fsp3) is 0.115. The Hall–Kier alpha value is -3.95. The van der Waals surface area contributed by atoms with Crippen molar-refractivity contribution >= 4 is 44.6 Å². The molecular formula is C26H19N5O2S2. The quantitative estimate of drug-likeness (QED) is 0.334. The van der Waals surface area contributed by atoms with Crippen LogP contribution in [0.25, 0.3) is 15.3 Å². The van der Waals surface area contributed by atoms with Crippen LogP contribution in [0.5, 0.6) is 11.5 Å². The highest BCUT2D eigenvalue weighted by Gasteiger charge is 2.42. The van der Waals surface area contributed by atoms with Gasteiger partial charge < -0.3 is 19.7 Å². The molecule has 0 spiro atoms. The molecule has 172 valence electrons. The predicted octanol–water partition coefficient (Wildman–Crippen LogP) is 5.39. The van der Waals surface area contributed by atoms with Crippen LogP contribution >= 0.6 is 23.6 Å². The number of nitrogens with zero attached hydrogens (tertiary/aromatic N) is 4. The van der Waals surface area contributed by atoms with E-state index in [1.807, 2.05) is 60.8 Å². The maximum absolute atomic E-state index is 5.88. The SMILES string of the molecule is S=C1N[C@H](c2ccccn2)[C@H](c2cccn2-c2nc3ccccc3s2)N1c1ccc2c(c1)OCO2. The molecule has 2 atom stereocenters. The van der Waals surface area contributed by atoms with Crippen LogP contribution in [0, 0.1) is 0 Å². The molecule has 0 unspecified atom stereocenters. The van der Waals surface area contributed by atoms with Crippen molar-refractivity contribution in [2.24, 2.45) is 0 Å². The van der Waals surface area contributed by atoms with E-state index in [1.165, 1.54) is 0 Å². The topological polar surface area (TPSA) is 64.4 Å². The Morgan fingerprint density at radius 2 is 1.86 bits per heavy atom. The van der Waals surface area contributed by atoms with Crippen molar-refractivity contribution in [3.05, 3.63) is 96.6 Å². The van der Waals surface area contributed by atoms with E-state index in [9.17, 15) is 0 Å². The van der Waals surface area contributed by atoms with Crippen LogP contribution in [-0.4, -0.2) is 26.4 Å². The summed E-state index contributed by atoms with van der Waals surface area (Å²) in [6, 6.07) is 23.9. The smallest absolute Gasteiger partial charge is 0.231 e. The van der Waals surface area contributed by atoms with Gasteiger partial charge in [-0.3, -0.25) is 9.55 Å². The summed E-state index contributed by atoms with van der Waals surface area (Å²) in [6.07, 6.45) is 3.87. The zero-order valence-corrected chi connectivity index (χ0v) is 20.0. The van der Waals surface area contributed by atoms with E-state index in [0.717, 1.165) is 38.2 Å². The van der Waals surface area contributed by atoms with Crippen molar-refractivity contribution in [3.63, 3.8) is 0 Å². The van der Waals surface area contributed by atoms with Gasteiger partial charge in [-0.25, -0.2) is 4.98 Å². The number of para-hydroxylation sites is 1. The van der Waals surface area contributed by atoms with Gasteiger partial charge in [-0.1, -0.05) is 29.5 Å². The van der Waals surface area contributed by atoms with Crippen molar-refractivity contribution in [1.29, 1.82) is 0 Å². The number of aromatic nitrogens is 3. The molecule has 2 aromatic carbocycles. The Morgan fingerprint density at radius 1 is 0.971 bits per heavy atom. The molecule has 7 rings (SSSR count). The molecular weight excluding hydrogens is 478 g/mol. The normalized spacial score (nSPS) is 18.9. The summed E-state index contributed by atoms with van der Waals surface area (Å²) in [5, 5.41) is 5.06. The second-order valence-corrected chi connectivity index (χ2v) is 9.70. The summed E-state index contributed by atoms with van der Waals surface area (Å²) < 4.78 is 14.5. The molecule has 3 aromatic heterocycles. The zero-order valence-electron chi connectivity index (χ0n) is 18.4. The molecule has 5 aromatic rings. The average Bonchev–Trinajstić information content (AvgIpc) is 3.68. The molecule has 2 aliphatic heterocycles. The number of ether oxygens (including phenoxy) is 2. The van der Waals surface area contributed by atoms with Gasteiger partial charge in [0.05, 0.1) is 27.6 Å². The van der Waals surface area contributed by atoms with Gasteiger partial charge in [-0.15, -0.1) is 0 Å². The summed E-state index contributed by atoms with van der Waals surface area (Å²) in [5.41, 5.74) is 3.89. The molecule has 0 bridgehead atoms. The lowest BCUT2D eigenvalue weighted by Crippen LogP contribution is -2.30. The Balaban J connectivity index is 1.39. The van der Waals surface area contributed by atoms with Crippen LogP contribution in [0.4, 0.5) is 5.69 Å². The van der Waals surface area contributed by atoms with Crippen LogP contribution in [-0.2, 0) is 0 Å². The molecule has 5 heterocycles. The Labute approximate surface area is 210 Å². The van der Waals surface area contributed by atoms with Crippen LogP contribution < -0.4 is 19.7 Å². The molecule has 35 heavy (non-hydrogen) atoms. The first-order valence-corrected chi connectivity index (χ1v) is 12.4. The molecule has 1 fully saturated rings. The van der Waals surface area contributed by atoms with Crippen molar-refractivity contribution in [2.75, 3.05) is 11.7 Å². The number of thiazole rings is 1. The van der Waals surface area contributed by atoms with Crippen molar-refractivity contribution < 1.29 is 9.47 Å². The highest BCUT2D eigenvalue weighted by molar-refractivity contribution is 7.80. The van der Waals surface area contributed by atoms with Crippen molar-refractivity contribution in [3.8, 4) is 16.6 Å². The third-order valence-corrected chi connectivity index (χ3v) is 7.65. The number of benzene rings is 2. The highest BCUT2D eigenvalue weighted by Crippen LogP contribution is 2.45. The third-order valence-electron chi connectivity index (χ3n) is 6.30. The number of fused-ring (bicyclic) bond motifs is 2. The lowest BCUT2D eigenvalue weighted by Gasteiger charge is -2.28. The van der Waals surface area contributed by atoms with Gasteiger partial charge in [-0.2, -0.15) is 0 Å². The van der Waals surface area contributed by atoms with Gasteiger partial charge in [-0.05, 0) is 60.7 Å². The average molecular weight is 498 g/mol. The monoisotopic (exact) mass is 497 g/mol. The van der Waals surface area contributed by atoms with Crippen LogP contribution in [0.3, 0.4) is 0 Å². The molecule has 7 nitrogen and oxygen atoms in total. The lowest BCUT2D eigenvalue weighted by molar-refractivity contribution is 0.174. The Kier molecular flexibility index (Phi) is 4.71. The van der Waals surface area contributed by atoms with E-state index in [2.05, 4.69) is 44.2 Å². The number of hydrogen-bond acceptors (Lipinski definition) is 6. The van der Waals surface area contributed by atoms with Crippen LogP contribution in [0.1, 0.15) is 23.5 Å². The number of hydrogen-bond donors (Lipinski definition) is 1. The summed E-state index contributed by atoms with van der Waals surface area (Å²) >= 11 is 7.55. The number of anilines is 1. The van der Waals surface area contributed by atoms with Gasteiger partial charge in [0.1, 0.15) is 6.04 Å². The van der Waals surface area contributed by atoms with Gasteiger partial charge in [0, 0.05) is 24.1 Å². The zero-order chi connectivity index (χ0) is 23.4. The van der Waals surface area contributed by atoms with Gasteiger partial charge in [0.15, 0.2) is 21.7 Å². The van der Waals surface area contributed by atoms with Crippen molar-refractivity contribution in [1.82, 2.24) is 19.9 Å². The molecule has 9 heteroatoms. The molecule has 1 N–H and O–H groups in total. The number of thiocarbonyl (C=S) groups is 1. The molecule has 0 aliphatic carbocycles. The van der Waals surface area contributed by atoms with E-state index in [1.54, 1.807) is 11.3 Å². The Bertz CT molecular complexity index is 1530. The lowest BCUT2D eigenvalue weighted by atomic mass is 10.0. The minimum absolute atomic E-state index is 0.155. The first-order chi connectivity index (χ1) is 17.3. The maximum Gasteiger partial charge on any atom is 0.231 e. The van der Waals surface area contributed by atoms with Crippen LogP contribution in [0.15, 0.2) is 85.2 Å². The summed E-state index contributed by atoms with van der Waals surface area (Å²) in [7, 11) is 0. The van der Waals surface area contributed by atoms with Crippen molar-refractivity contribution in [2.45, 2.75) is 12.1 Å².